The van der Waals surface area contributed by atoms with Crippen molar-refractivity contribution in [2.75, 3.05) is 19.8 Å². The third-order valence-electron chi connectivity index (χ3n) is 18.1. The lowest BCUT2D eigenvalue weighted by atomic mass is 9.98. The molecule has 0 heterocycles. The van der Waals surface area contributed by atoms with Crippen LogP contribution in [0.15, 0.2) is 66.7 Å². The van der Waals surface area contributed by atoms with Gasteiger partial charge < -0.3 is 39.1 Å². The molecule has 0 spiro atoms. The van der Waals surface area contributed by atoms with Gasteiger partial charge in [-0.1, -0.05) is 306 Å². The molecule has 0 aromatic heterocycles. The van der Waals surface area contributed by atoms with Gasteiger partial charge in [-0.2, -0.15) is 0 Å². The SMILES string of the molecule is CCCCCCCCCCCCCCCCCCCCCCOc1ccc(COC(=O)[C@H](CC(=O)OC(C)(C)C)NC(=O)[C@H](CC(=O)OC(C)(C)C)NC(=O)OCC2c3ccccc3-c3ccccc32)c(OCCCCCCCCCCCCCCCCCCCCCC)c1. The van der Waals surface area contributed by atoms with Gasteiger partial charge in [0.2, 0.25) is 5.91 Å². The van der Waals surface area contributed by atoms with Crippen molar-refractivity contribution < 1.29 is 52.4 Å². The molecule has 1 aliphatic rings. The Morgan fingerprint density at radius 3 is 1.16 bits per heavy atom. The van der Waals surface area contributed by atoms with Gasteiger partial charge in [0.05, 0.1) is 26.1 Å². The van der Waals surface area contributed by atoms with E-state index in [-0.39, 0.29) is 19.1 Å². The molecular formula is C82H132N2O11. The highest BCUT2D eigenvalue weighted by molar-refractivity contribution is 5.94. The standard InChI is InChI=1S/C82H132N2O11/c1-9-11-13-15-17-19-21-23-25-27-29-31-33-35-37-39-41-43-45-51-59-90-67-58-57-66(75(61-67)91-60-52-46-44-42-40-38-36-34-32-30-28-26-24-22-20-18-16-14-12-10-2)64-92-79(88)74(63-77(86)95-82(6,7)8)83-78(87)73(62-76(85)94-81(3,4)5)84-80(89)93-65-72-70-55-49-47-53-68(70)69-54-48-50-56-71(69)72/h47-50,53-58,61,72-74H,9-46,51-52,59-60,62-65H2,1-8H3,(H,83,87)(H,84,89)/t73-,74-/m0/s1. The molecule has 3 aromatic carbocycles. The van der Waals surface area contributed by atoms with Crippen molar-refractivity contribution in [3.8, 4) is 22.6 Å². The third-order valence-corrected chi connectivity index (χ3v) is 18.1. The Hall–Kier alpha value is -5.59. The van der Waals surface area contributed by atoms with E-state index in [1.54, 1.807) is 41.5 Å². The van der Waals surface area contributed by atoms with Gasteiger partial charge in [-0.25, -0.2) is 9.59 Å². The molecule has 0 fully saturated rings. The van der Waals surface area contributed by atoms with Crippen LogP contribution in [0.25, 0.3) is 11.1 Å². The molecule has 3 aromatic rings. The van der Waals surface area contributed by atoms with Crippen LogP contribution in [0.4, 0.5) is 4.79 Å². The van der Waals surface area contributed by atoms with Crippen LogP contribution in [-0.4, -0.2) is 73.0 Å². The number of alkyl carbamates (subject to hydrolysis) is 1. The fourth-order valence-electron chi connectivity index (χ4n) is 12.8. The van der Waals surface area contributed by atoms with Crippen molar-refractivity contribution >= 4 is 29.9 Å². The van der Waals surface area contributed by atoms with Gasteiger partial charge in [-0.3, -0.25) is 14.4 Å². The minimum atomic E-state index is -1.58. The predicted octanol–water partition coefficient (Wildman–Crippen LogP) is 22.0. The van der Waals surface area contributed by atoms with Gasteiger partial charge in [-0.05, 0) is 88.8 Å². The Balaban J connectivity index is 1.31. The summed E-state index contributed by atoms with van der Waals surface area (Å²) in [5.41, 5.74) is 2.85. The second kappa shape index (κ2) is 49.8. The molecule has 536 valence electrons. The Labute approximate surface area is 576 Å². The summed E-state index contributed by atoms with van der Waals surface area (Å²) in [6.07, 6.45) is 50.5. The molecule has 0 aliphatic heterocycles. The van der Waals surface area contributed by atoms with E-state index in [1.165, 1.54) is 225 Å². The van der Waals surface area contributed by atoms with E-state index in [9.17, 15) is 24.0 Å². The molecule has 4 rings (SSSR count). The zero-order valence-electron chi connectivity index (χ0n) is 61.1. The molecular weight excluding hydrogens is 1190 g/mol. The second-order valence-corrected chi connectivity index (χ2v) is 29.2. The summed E-state index contributed by atoms with van der Waals surface area (Å²) in [4.78, 5) is 69.2. The number of amides is 2. The largest absolute Gasteiger partial charge is 0.493 e. The zero-order valence-corrected chi connectivity index (χ0v) is 61.1. The zero-order chi connectivity index (χ0) is 68.6. The highest BCUT2D eigenvalue weighted by Crippen LogP contribution is 2.44. The second-order valence-electron chi connectivity index (χ2n) is 29.2. The van der Waals surface area contributed by atoms with E-state index in [2.05, 4.69) is 24.5 Å². The van der Waals surface area contributed by atoms with Gasteiger partial charge in [0, 0.05) is 17.5 Å². The monoisotopic (exact) mass is 1320 g/mol. The van der Waals surface area contributed by atoms with Crippen molar-refractivity contribution in [2.45, 2.75) is 361 Å². The molecule has 13 nitrogen and oxygen atoms in total. The summed E-state index contributed by atoms with van der Waals surface area (Å²) < 4.78 is 35.7. The van der Waals surface area contributed by atoms with E-state index in [0.29, 0.717) is 30.3 Å². The van der Waals surface area contributed by atoms with Gasteiger partial charge >= 0.3 is 24.0 Å². The number of hydrogen-bond acceptors (Lipinski definition) is 11. The molecule has 0 unspecified atom stereocenters. The molecule has 1 aliphatic carbocycles. The maximum atomic E-state index is 14.4. The molecule has 95 heavy (non-hydrogen) atoms. The smallest absolute Gasteiger partial charge is 0.407 e. The Morgan fingerprint density at radius 1 is 0.411 bits per heavy atom. The van der Waals surface area contributed by atoms with Crippen LogP contribution in [0.3, 0.4) is 0 Å². The fraction of sp³-hybridized carbons (Fsp3) is 0.720. The van der Waals surface area contributed by atoms with Crippen LogP contribution in [0, 0.1) is 0 Å². The minimum absolute atomic E-state index is 0.0493. The number of fused-ring (bicyclic) bond motifs is 3. The topological polar surface area (TPSA) is 165 Å². The molecule has 2 amide bonds. The molecule has 0 bridgehead atoms. The third kappa shape index (κ3) is 38.2. The quantitative estimate of drug-likeness (QED) is 0.0314. The maximum Gasteiger partial charge on any atom is 0.407 e. The van der Waals surface area contributed by atoms with Crippen molar-refractivity contribution in [3.63, 3.8) is 0 Å². The van der Waals surface area contributed by atoms with E-state index in [0.717, 1.165) is 54.4 Å². The van der Waals surface area contributed by atoms with Crippen molar-refractivity contribution in [1.29, 1.82) is 0 Å². The van der Waals surface area contributed by atoms with Crippen LogP contribution < -0.4 is 20.1 Å². The average molecular weight is 1320 g/mol. The summed E-state index contributed by atoms with van der Waals surface area (Å²) in [6.45, 7) is 15.5. The van der Waals surface area contributed by atoms with Gasteiger partial charge in [0.25, 0.3) is 0 Å². The van der Waals surface area contributed by atoms with E-state index >= 15 is 0 Å². The minimum Gasteiger partial charge on any atom is -0.493 e. The summed E-state index contributed by atoms with van der Waals surface area (Å²) in [5.74, 6) is -2.50. The number of esters is 3. The molecule has 13 heteroatoms. The van der Waals surface area contributed by atoms with Gasteiger partial charge in [0.1, 0.15) is 48.0 Å². The number of unbranched alkanes of at least 4 members (excludes halogenated alkanes) is 38. The lowest BCUT2D eigenvalue weighted by molar-refractivity contribution is -0.161. The summed E-state index contributed by atoms with van der Waals surface area (Å²) in [5, 5.41) is 5.16. The number of rotatable bonds is 56. The first-order chi connectivity index (χ1) is 46.0. The fourth-order valence-corrected chi connectivity index (χ4v) is 12.8. The van der Waals surface area contributed by atoms with E-state index < -0.39 is 66.0 Å². The first-order valence-corrected chi connectivity index (χ1v) is 38.4. The Kier molecular flexibility index (Phi) is 42.9. The van der Waals surface area contributed by atoms with Crippen molar-refractivity contribution in [2.24, 2.45) is 0 Å². The highest BCUT2D eigenvalue weighted by atomic mass is 16.6. The summed E-state index contributed by atoms with van der Waals surface area (Å²) in [7, 11) is 0. The predicted molar refractivity (Wildman–Crippen MR) is 388 cm³/mol. The van der Waals surface area contributed by atoms with Gasteiger partial charge in [-0.15, -0.1) is 0 Å². The normalized spacial score (nSPS) is 12.8. The van der Waals surface area contributed by atoms with E-state index in [1.807, 2.05) is 66.7 Å². The lowest BCUT2D eigenvalue weighted by Crippen LogP contribution is -2.53. The lowest BCUT2D eigenvalue weighted by Gasteiger charge is -2.25. The number of benzene rings is 3. The first kappa shape index (κ1) is 81.8. The Bertz CT molecular complexity index is 2500. The number of ether oxygens (including phenoxy) is 6. The number of carbonyl (C=O) groups excluding carboxylic acids is 5. The van der Waals surface area contributed by atoms with Crippen LogP contribution in [-0.2, 0) is 44.7 Å². The van der Waals surface area contributed by atoms with Crippen molar-refractivity contribution in [3.05, 3.63) is 83.4 Å². The summed E-state index contributed by atoms with van der Waals surface area (Å²) >= 11 is 0. The molecule has 0 radical (unpaired) electrons. The van der Waals surface area contributed by atoms with Gasteiger partial charge in [0.15, 0.2) is 0 Å². The first-order valence-electron chi connectivity index (χ1n) is 38.4. The Morgan fingerprint density at radius 2 is 0.768 bits per heavy atom. The molecule has 0 saturated heterocycles. The van der Waals surface area contributed by atoms with Crippen LogP contribution in [0.5, 0.6) is 11.5 Å². The van der Waals surface area contributed by atoms with Crippen LogP contribution in [0.1, 0.15) is 348 Å². The van der Waals surface area contributed by atoms with Crippen molar-refractivity contribution in [1.82, 2.24) is 10.6 Å². The summed E-state index contributed by atoms with van der Waals surface area (Å²) in [6, 6.07) is 18.2. The number of nitrogens with one attached hydrogen (secondary N) is 2. The highest BCUT2D eigenvalue weighted by Gasteiger charge is 2.35. The van der Waals surface area contributed by atoms with Crippen LogP contribution in [0.2, 0.25) is 0 Å². The number of hydrogen-bond donors (Lipinski definition) is 2. The maximum absolute atomic E-state index is 14.4. The average Bonchev–Trinajstić information content (AvgIpc) is 1.62. The molecule has 2 N–H and O–H groups in total. The number of carbonyl (C=O) groups is 5. The molecule has 0 saturated carbocycles. The molecule has 2 atom stereocenters. The van der Waals surface area contributed by atoms with Crippen LogP contribution >= 0.6 is 0 Å². The van der Waals surface area contributed by atoms with E-state index in [4.69, 9.17) is 28.4 Å².